The van der Waals surface area contributed by atoms with Gasteiger partial charge in [0.15, 0.2) is 5.78 Å². The Morgan fingerprint density at radius 3 is 1.26 bits per heavy atom. The number of rotatable bonds is 24. The number of amides is 2. The highest BCUT2D eigenvalue weighted by Crippen LogP contribution is 2.54. The number of carboxylic acids is 1. The van der Waals surface area contributed by atoms with Crippen molar-refractivity contribution < 1.29 is 75.2 Å². The van der Waals surface area contributed by atoms with E-state index < -0.39 is 63.2 Å². The lowest BCUT2D eigenvalue weighted by Gasteiger charge is -2.23. The Bertz CT molecular complexity index is 6670. The summed E-state index contributed by atoms with van der Waals surface area (Å²) < 4.78 is 75.3. The number of halogens is 6. The number of nitrogens with two attached hydrogens (primary N) is 1. The van der Waals surface area contributed by atoms with E-state index in [0.29, 0.717) is 146 Å². The van der Waals surface area contributed by atoms with E-state index in [1.807, 2.05) is 27.7 Å². The van der Waals surface area contributed by atoms with Crippen LogP contribution >= 0.6 is 28.3 Å². The number of aromatic nitrogens is 11. The number of hydrogen-bond acceptors (Lipinski definition) is 24. The van der Waals surface area contributed by atoms with Gasteiger partial charge >= 0.3 is 24.0 Å². The van der Waals surface area contributed by atoms with Gasteiger partial charge in [0.1, 0.15) is 91.4 Å². The molecule has 0 saturated heterocycles. The van der Waals surface area contributed by atoms with Gasteiger partial charge in [-0.3, -0.25) is 24.0 Å². The molecule has 12 N–H and O–H groups in total. The summed E-state index contributed by atoms with van der Waals surface area (Å²) in [6.07, 6.45) is 13.7. The maximum atomic E-state index is 15.5. The molecule has 0 unspecified atom stereocenters. The number of Topliss-reactive ketones (excluding diaryl/α,β-unsaturated/α-hetero) is 3. The van der Waals surface area contributed by atoms with Crippen molar-refractivity contribution in [3.8, 4) is 33.8 Å². The van der Waals surface area contributed by atoms with Crippen molar-refractivity contribution in [3.63, 3.8) is 0 Å². The van der Waals surface area contributed by atoms with Crippen LogP contribution < -0.4 is 37.6 Å². The van der Waals surface area contributed by atoms with Gasteiger partial charge < -0.3 is 71.9 Å². The Hall–Kier alpha value is -12.1. The number of esters is 2. The van der Waals surface area contributed by atoms with Crippen LogP contribution in [0.2, 0.25) is 0 Å². The van der Waals surface area contributed by atoms with Gasteiger partial charge in [-0.1, -0.05) is 15.9 Å². The van der Waals surface area contributed by atoms with Gasteiger partial charge in [0.05, 0.1) is 159 Å². The third-order valence-corrected chi connectivity index (χ3v) is 26.3. The highest BCUT2D eigenvalue weighted by Gasteiger charge is 2.56. The Morgan fingerprint density at radius 2 is 0.896 bits per heavy atom. The lowest BCUT2D eigenvalue weighted by molar-refractivity contribution is -0.158. The number of nitrogens with one attached hydrogen (secondary N) is 9. The third kappa shape index (κ3) is 20.7. The second-order valence-electron chi connectivity index (χ2n) is 40.3. The number of fused-ring (bicyclic) bond motifs is 6. The molecule has 8 saturated carbocycles. The van der Waals surface area contributed by atoms with Crippen LogP contribution in [0.5, 0.6) is 0 Å². The maximum absolute atomic E-state index is 15.5. The summed E-state index contributed by atoms with van der Waals surface area (Å²) >= 11 is 3.08. The van der Waals surface area contributed by atoms with Crippen LogP contribution in [0, 0.1) is 56.4 Å². The zero-order chi connectivity index (χ0) is 95.7. The summed E-state index contributed by atoms with van der Waals surface area (Å²) in [4.78, 5) is 143. The molecule has 134 heavy (non-hydrogen) atoms. The first-order chi connectivity index (χ1) is 62.5. The molecule has 11 aromatic rings. The van der Waals surface area contributed by atoms with Crippen molar-refractivity contribution in [2.45, 2.75) is 276 Å². The fourth-order valence-corrected chi connectivity index (χ4v) is 16.7. The first-order valence-electron chi connectivity index (χ1n) is 45.1. The first-order valence-corrected chi connectivity index (χ1v) is 46.2. The molecule has 0 radical (unpaired) electrons. The number of nitrogens with zero attached hydrogens (tertiary/aromatic N) is 8. The minimum Gasteiger partial charge on any atom is -0.478 e. The number of ketones is 3. The van der Waals surface area contributed by atoms with E-state index in [1.54, 1.807) is 84.9 Å². The van der Waals surface area contributed by atoms with E-state index in [2.05, 4.69) is 120 Å². The number of alkyl carbamates (subject to hydrolysis) is 1. The molecular weight excluding hydrogens is 1810 g/mol. The van der Waals surface area contributed by atoms with Crippen molar-refractivity contribution in [2.24, 2.45) is 11.1 Å². The first kappa shape index (κ1) is 96.5. The van der Waals surface area contributed by atoms with E-state index in [-0.39, 0.29) is 128 Å². The number of carbonyl (C=O) groups excluding carboxylic acids is 7. The Labute approximate surface area is 785 Å². The molecule has 708 valence electrons. The Morgan fingerprint density at radius 1 is 0.507 bits per heavy atom. The standard InChI is InChI=1S/C28H34FN5O4.C21H22FN5O2.C21H20FN5O.C15H15BrFN3O.C13H20O4.ClH/c1-7-37-24(35)16-14-19(31-22(16)28(12-13-28)34-25(36)38-26(3,4)5)20-17(29)8-9-18-21(20)32-23(15(2)30-18)33-27(6)10-11-27;1-10-18(27-20(2)5-6-20)26-16-13(24-10)4-3-12(22)15(16)14-9-11(19(28)29)17(25-14)21(23)7-8-21;1-10-18(26-20(2)5-6-20)25-16-13(23-10)4-3-12(22)15(16)14-9-11-17(24-14)21(7-8-21)27-19(11)28;1-8-14(20-15(2)5-6-15)19-13-10(18-8)4-3-9(17)12(13)11(21)7-16;1-9(14)7-10(15)13(5-6-13)8-11(16)17-12(2,3)4;/h8-9,14,31H,7,10-13H2,1-6H3,(H,32,33)(H,34,36);3-4,9,25H,5-8,23H2,1-2H3,(H,26,27)(H,28,29);3-4,9,24H,5-8H2,1-2H3,(H,25,26)(H,27,28);3-4H,5-7H2,1-2H3,(H,19,20);5-8H2,1-4H3;1H. The largest absolute Gasteiger partial charge is 0.478 e. The van der Waals surface area contributed by atoms with E-state index in [9.17, 15) is 56.6 Å². The van der Waals surface area contributed by atoms with Gasteiger partial charge in [-0.05, 0) is 280 Å². The predicted molar refractivity (Wildman–Crippen MR) is 506 cm³/mol. The summed E-state index contributed by atoms with van der Waals surface area (Å²) in [5.74, 6) is -2.11. The lowest BCUT2D eigenvalue weighted by Crippen LogP contribution is -2.40. The number of carboxylic acid groups (broad SMARTS) is 1. The predicted octanol–water partition coefficient (Wildman–Crippen LogP) is 19.3. The average Bonchev–Trinajstić information content (AvgIpc) is 1.55. The topological polar surface area (TPSA) is 433 Å². The summed E-state index contributed by atoms with van der Waals surface area (Å²) in [5.41, 5.74) is 14.2. The fourth-order valence-electron chi connectivity index (χ4n) is 16.4. The highest BCUT2D eigenvalue weighted by atomic mass is 79.9. The van der Waals surface area contributed by atoms with Gasteiger partial charge in [-0.15, -0.1) is 12.4 Å². The molecule has 1 aliphatic heterocycles. The Balaban J connectivity index is 0.000000131. The molecule has 0 atom stereocenters. The van der Waals surface area contributed by atoms with E-state index in [1.165, 1.54) is 37.3 Å². The molecule has 8 aliphatic carbocycles. The molecular formula is C98H112BrClF4N18O12. The highest BCUT2D eigenvalue weighted by molar-refractivity contribution is 9.09. The maximum Gasteiger partial charge on any atom is 0.408 e. The summed E-state index contributed by atoms with van der Waals surface area (Å²) in [6.45, 7) is 30.0. The molecule has 0 bridgehead atoms. The van der Waals surface area contributed by atoms with Gasteiger partial charge in [-0.25, -0.2) is 71.8 Å². The summed E-state index contributed by atoms with van der Waals surface area (Å²) in [5, 5.41) is 29.2. The second kappa shape index (κ2) is 35.3. The Kier molecular flexibility index (Phi) is 25.4. The molecule has 30 nitrogen and oxygen atoms in total. The third-order valence-electron chi connectivity index (χ3n) is 25.7. The van der Waals surface area contributed by atoms with Crippen LogP contribution in [0.25, 0.3) is 77.9 Å². The van der Waals surface area contributed by atoms with Crippen LogP contribution in [0.4, 0.5) is 45.6 Å². The molecule has 20 rings (SSSR count). The average molecular weight is 1930 g/mol. The number of hydrogen-bond donors (Lipinski definition) is 11. The minimum atomic E-state index is -1.09. The monoisotopic (exact) mass is 1920 g/mol. The van der Waals surface area contributed by atoms with E-state index in [0.717, 1.165) is 92.7 Å². The number of alkyl halides is 1. The number of anilines is 4. The van der Waals surface area contributed by atoms with Gasteiger partial charge in [0, 0.05) is 27.6 Å². The van der Waals surface area contributed by atoms with Crippen molar-refractivity contribution in [2.75, 3.05) is 33.2 Å². The van der Waals surface area contributed by atoms with Crippen LogP contribution in [0.3, 0.4) is 0 Å². The number of carbonyl (C=O) groups is 8. The van der Waals surface area contributed by atoms with E-state index in [4.69, 9.17) is 29.9 Å². The summed E-state index contributed by atoms with van der Waals surface area (Å²) in [7, 11) is 0. The van der Waals surface area contributed by atoms with Crippen molar-refractivity contribution >= 4 is 143 Å². The molecule has 8 fully saturated rings. The molecule has 4 aromatic carbocycles. The zero-order valence-corrected chi connectivity index (χ0v) is 80.3. The van der Waals surface area contributed by atoms with Crippen LogP contribution in [0.1, 0.15) is 280 Å². The van der Waals surface area contributed by atoms with E-state index >= 15 is 4.39 Å². The molecule has 1 spiro atoms. The SMILES string of the molecule is CC(=O)CC(=O)C1(CC(=O)OC(C)(C)C)CC1.CCOC(=O)c1cc(-c2c(F)ccc3nc(C)c(NC4(C)CC4)nc23)[nH]c1C1(NC(=O)OC(C)(C)C)CC1.Cc1nc2ccc(F)c(-c3cc(C(=O)O)c(C4(N)CC4)[nH]3)c2nc1NC1(C)CC1.Cc1nc2ccc(F)c(-c3cc4c([nH]3)C3(CC3)NC4=O)c2nc1NC1(C)CC1.Cc1nc2ccc(F)c(C(=O)CBr)c2nc1NC1(C)CC1.Cl. The minimum absolute atomic E-state index is 0. The smallest absolute Gasteiger partial charge is 0.408 e. The van der Waals surface area contributed by atoms with Crippen molar-refractivity contribution in [1.82, 2.24) is 65.5 Å². The summed E-state index contributed by atoms with van der Waals surface area (Å²) in [6, 6.07) is 16.5. The van der Waals surface area contributed by atoms with Crippen molar-refractivity contribution in [3.05, 3.63) is 152 Å². The van der Waals surface area contributed by atoms with Crippen LogP contribution in [-0.2, 0) is 45.2 Å². The number of ether oxygens (including phenoxy) is 3. The van der Waals surface area contributed by atoms with Gasteiger partial charge in [0.2, 0.25) is 0 Å². The molecule has 36 heteroatoms. The van der Waals surface area contributed by atoms with Crippen LogP contribution in [-0.4, -0.2) is 152 Å². The van der Waals surface area contributed by atoms with Crippen molar-refractivity contribution in [1.29, 1.82) is 0 Å². The zero-order valence-electron chi connectivity index (χ0n) is 77.9. The van der Waals surface area contributed by atoms with Gasteiger partial charge in [-0.2, -0.15) is 0 Å². The number of aryl methyl sites for hydroxylation is 4. The number of aromatic amines is 3. The molecule has 7 aromatic heterocycles. The second-order valence-corrected chi connectivity index (χ2v) is 40.8. The molecule has 2 amide bonds. The molecule has 8 heterocycles. The lowest BCUT2D eigenvalue weighted by atomic mass is 9.93. The number of H-pyrrole nitrogens is 3. The van der Waals surface area contributed by atoms with Crippen LogP contribution in [0.15, 0.2) is 66.7 Å². The normalized spacial score (nSPS) is 17.9. The fraction of sp³-hybridized carbons (Fsp3) is 0.469. The number of benzene rings is 4. The molecule has 9 aliphatic rings. The number of aromatic carboxylic acids is 1. The quantitative estimate of drug-likeness (QED) is 0.00668. The van der Waals surface area contributed by atoms with Gasteiger partial charge in [0.25, 0.3) is 5.91 Å².